The number of nitrogens with one attached hydrogen (secondary N) is 1. The molecule has 1 fully saturated rings. The van der Waals surface area contributed by atoms with E-state index in [4.69, 9.17) is 4.74 Å². The van der Waals surface area contributed by atoms with Crippen molar-refractivity contribution in [1.82, 2.24) is 5.32 Å². The molecule has 0 aromatic rings. The minimum absolute atomic E-state index is 0.376. The third kappa shape index (κ3) is 5.68. The number of ether oxygens (including phenoxy) is 1. The van der Waals surface area contributed by atoms with Gasteiger partial charge < -0.3 is 15.2 Å². The zero-order chi connectivity index (χ0) is 13.4. The van der Waals surface area contributed by atoms with Gasteiger partial charge in [-0.1, -0.05) is 33.1 Å². The van der Waals surface area contributed by atoms with Gasteiger partial charge in [-0.2, -0.15) is 0 Å². The minimum Gasteiger partial charge on any atom is -0.389 e. The van der Waals surface area contributed by atoms with Crippen LogP contribution in [0.25, 0.3) is 0 Å². The van der Waals surface area contributed by atoms with Gasteiger partial charge in [-0.3, -0.25) is 0 Å². The van der Waals surface area contributed by atoms with E-state index in [2.05, 4.69) is 26.1 Å². The van der Waals surface area contributed by atoms with Crippen LogP contribution >= 0.6 is 0 Å². The maximum atomic E-state index is 9.90. The molecule has 0 aromatic heterocycles. The van der Waals surface area contributed by atoms with E-state index in [1.165, 1.54) is 32.1 Å². The van der Waals surface area contributed by atoms with Gasteiger partial charge in [0.05, 0.1) is 18.8 Å². The fourth-order valence-electron chi connectivity index (χ4n) is 2.64. The first-order valence-corrected chi connectivity index (χ1v) is 7.70. The molecule has 1 aliphatic carbocycles. The van der Waals surface area contributed by atoms with E-state index >= 15 is 0 Å². The van der Waals surface area contributed by atoms with Gasteiger partial charge in [0.2, 0.25) is 0 Å². The first-order chi connectivity index (χ1) is 8.67. The SMILES string of the molecule is CCC(C)NCC(O)COC1CCCCC1CC. The Kier molecular flexibility index (Phi) is 7.87. The summed E-state index contributed by atoms with van der Waals surface area (Å²) in [6.07, 6.45) is 7.38. The lowest BCUT2D eigenvalue weighted by Gasteiger charge is -2.31. The summed E-state index contributed by atoms with van der Waals surface area (Å²) < 4.78 is 5.92. The van der Waals surface area contributed by atoms with E-state index in [-0.39, 0.29) is 6.10 Å². The summed E-state index contributed by atoms with van der Waals surface area (Å²) in [5, 5.41) is 13.2. The van der Waals surface area contributed by atoms with Gasteiger partial charge in [0, 0.05) is 12.6 Å². The van der Waals surface area contributed by atoms with Crippen LogP contribution in [0.5, 0.6) is 0 Å². The fourth-order valence-corrected chi connectivity index (χ4v) is 2.64. The second-order valence-electron chi connectivity index (χ2n) is 5.70. The largest absolute Gasteiger partial charge is 0.389 e. The molecule has 3 heteroatoms. The molecule has 1 aliphatic rings. The lowest BCUT2D eigenvalue weighted by molar-refractivity contribution is -0.0502. The maximum absolute atomic E-state index is 9.90. The van der Waals surface area contributed by atoms with Crippen molar-refractivity contribution in [1.29, 1.82) is 0 Å². The zero-order valence-corrected chi connectivity index (χ0v) is 12.3. The van der Waals surface area contributed by atoms with Gasteiger partial charge >= 0.3 is 0 Å². The second-order valence-corrected chi connectivity index (χ2v) is 5.70. The van der Waals surface area contributed by atoms with Crippen molar-refractivity contribution >= 4 is 0 Å². The van der Waals surface area contributed by atoms with Gasteiger partial charge in [0.1, 0.15) is 0 Å². The molecule has 0 amide bonds. The van der Waals surface area contributed by atoms with Crippen LogP contribution in [-0.2, 0) is 4.74 Å². The highest BCUT2D eigenvalue weighted by molar-refractivity contribution is 4.75. The zero-order valence-electron chi connectivity index (χ0n) is 12.3. The Labute approximate surface area is 112 Å². The Morgan fingerprint density at radius 1 is 1.28 bits per heavy atom. The summed E-state index contributed by atoms with van der Waals surface area (Å²) in [5.41, 5.74) is 0. The molecule has 2 N–H and O–H groups in total. The van der Waals surface area contributed by atoms with E-state index in [1.54, 1.807) is 0 Å². The first-order valence-electron chi connectivity index (χ1n) is 7.70. The van der Waals surface area contributed by atoms with Gasteiger partial charge in [0.25, 0.3) is 0 Å². The van der Waals surface area contributed by atoms with E-state index in [9.17, 15) is 5.11 Å². The van der Waals surface area contributed by atoms with Crippen molar-refractivity contribution in [2.75, 3.05) is 13.2 Å². The van der Waals surface area contributed by atoms with Crippen molar-refractivity contribution in [2.24, 2.45) is 5.92 Å². The molecule has 18 heavy (non-hydrogen) atoms. The van der Waals surface area contributed by atoms with Crippen LogP contribution in [0.1, 0.15) is 59.3 Å². The Morgan fingerprint density at radius 2 is 2.00 bits per heavy atom. The normalized spacial score (nSPS) is 28.0. The summed E-state index contributed by atoms with van der Waals surface area (Å²) in [5.74, 6) is 0.702. The Morgan fingerprint density at radius 3 is 2.67 bits per heavy atom. The number of hydrogen-bond donors (Lipinski definition) is 2. The van der Waals surface area contributed by atoms with Crippen molar-refractivity contribution in [3.05, 3.63) is 0 Å². The van der Waals surface area contributed by atoms with Crippen LogP contribution in [0.3, 0.4) is 0 Å². The molecule has 4 unspecified atom stereocenters. The van der Waals surface area contributed by atoms with Crippen LogP contribution in [0.2, 0.25) is 0 Å². The molecule has 0 heterocycles. The third-order valence-electron chi connectivity index (χ3n) is 4.18. The lowest BCUT2D eigenvalue weighted by atomic mass is 9.85. The van der Waals surface area contributed by atoms with Crippen LogP contribution in [-0.4, -0.2) is 36.5 Å². The van der Waals surface area contributed by atoms with Crippen molar-refractivity contribution in [3.63, 3.8) is 0 Å². The van der Waals surface area contributed by atoms with Crippen molar-refractivity contribution < 1.29 is 9.84 Å². The smallest absolute Gasteiger partial charge is 0.0897 e. The van der Waals surface area contributed by atoms with E-state index < -0.39 is 0 Å². The van der Waals surface area contributed by atoms with E-state index in [0.29, 0.717) is 31.2 Å². The average Bonchev–Trinajstić information content (AvgIpc) is 2.42. The topological polar surface area (TPSA) is 41.5 Å². The standard InChI is InChI=1S/C15H31NO2/c1-4-12(3)16-10-14(17)11-18-15-9-7-6-8-13(15)5-2/h12-17H,4-11H2,1-3H3. The van der Waals surface area contributed by atoms with Crippen LogP contribution < -0.4 is 5.32 Å². The van der Waals surface area contributed by atoms with Gasteiger partial charge in [-0.05, 0) is 32.1 Å². The summed E-state index contributed by atoms with van der Waals surface area (Å²) >= 11 is 0. The predicted octanol–water partition coefficient (Wildman–Crippen LogP) is 2.72. The molecule has 3 nitrogen and oxygen atoms in total. The Hall–Kier alpha value is -0.120. The average molecular weight is 257 g/mol. The van der Waals surface area contributed by atoms with Crippen LogP contribution in [0.15, 0.2) is 0 Å². The summed E-state index contributed by atoms with van der Waals surface area (Å²) in [4.78, 5) is 0. The number of aliphatic hydroxyl groups excluding tert-OH is 1. The molecule has 0 radical (unpaired) electrons. The maximum Gasteiger partial charge on any atom is 0.0897 e. The molecule has 0 spiro atoms. The highest BCUT2D eigenvalue weighted by atomic mass is 16.5. The van der Waals surface area contributed by atoms with Gasteiger partial charge in [-0.15, -0.1) is 0 Å². The molecule has 1 rings (SSSR count). The molecular formula is C15H31NO2. The molecule has 4 atom stereocenters. The summed E-state index contributed by atoms with van der Waals surface area (Å²) in [7, 11) is 0. The lowest BCUT2D eigenvalue weighted by Crippen LogP contribution is -2.37. The highest BCUT2D eigenvalue weighted by Crippen LogP contribution is 2.29. The fraction of sp³-hybridized carbons (Fsp3) is 1.00. The second kappa shape index (κ2) is 8.89. The minimum atomic E-state index is -0.376. The first kappa shape index (κ1) is 15.9. The molecular weight excluding hydrogens is 226 g/mol. The van der Waals surface area contributed by atoms with E-state index in [0.717, 1.165) is 6.42 Å². The molecule has 1 saturated carbocycles. The number of hydrogen-bond acceptors (Lipinski definition) is 3. The molecule has 0 saturated heterocycles. The van der Waals surface area contributed by atoms with Gasteiger partial charge in [0.15, 0.2) is 0 Å². The Balaban J connectivity index is 2.18. The monoisotopic (exact) mass is 257 g/mol. The molecule has 108 valence electrons. The van der Waals surface area contributed by atoms with Crippen molar-refractivity contribution in [3.8, 4) is 0 Å². The number of rotatable bonds is 8. The molecule has 0 aromatic carbocycles. The highest BCUT2D eigenvalue weighted by Gasteiger charge is 2.24. The van der Waals surface area contributed by atoms with Gasteiger partial charge in [-0.25, -0.2) is 0 Å². The Bertz CT molecular complexity index is 211. The van der Waals surface area contributed by atoms with Crippen molar-refractivity contribution in [2.45, 2.75) is 77.5 Å². The summed E-state index contributed by atoms with van der Waals surface area (Å²) in [6.45, 7) is 7.65. The quantitative estimate of drug-likeness (QED) is 0.702. The van der Waals surface area contributed by atoms with Crippen LogP contribution in [0.4, 0.5) is 0 Å². The number of aliphatic hydroxyl groups is 1. The van der Waals surface area contributed by atoms with E-state index in [1.807, 2.05) is 0 Å². The third-order valence-corrected chi connectivity index (χ3v) is 4.18. The molecule has 0 bridgehead atoms. The summed E-state index contributed by atoms with van der Waals surface area (Å²) in [6, 6.07) is 0.470. The molecule has 0 aliphatic heterocycles. The predicted molar refractivity (Wildman–Crippen MR) is 75.8 cm³/mol. The van der Waals surface area contributed by atoms with Crippen LogP contribution in [0, 0.1) is 5.92 Å².